The lowest BCUT2D eigenvalue weighted by molar-refractivity contribution is 0.0116. The van der Waals surface area contributed by atoms with Gasteiger partial charge in [-0.05, 0) is 85.8 Å². The van der Waals surface area contributed by atoms with Gasteiger partial charge in [-0.3, -0.25) is 0 Å². The second kappa shape index (κ2) is 7.94. The summed E-state index contributed by atoms with van der Waals surface area (Å²) in [5.41, 5.74) is 13.1. The Hall–Kier alpha value is -2.67. The number of hydrogen-bond acceptors (Lipinski definition) is 5. The smallest absolute Gasteiger partial charge is 0.332 e. The van der Waals surface area contributed by atoms with Crippen molar-refractivity contribution in [2.45, 2.75) is 58.8 Å². The van der Waals surface area contributed by atoms with E-state index in [4.69, 9.17) is 10.7 Å². The number of aromatic nitrogens is 1. The fourth-order valence-electron chi connectivity index (χ4n) is 7.67. The van der Waals surface area contributed by atoms with Gasteiger partial charge in [-0.15, -0.1) is 0 Å². The normalized spacial score (nSPS) is 34.9. The van der Waals surface area contributed by atoms with Crippen LogP contribution in [0.25, 0.3) is 5.57 Å². The summed E-state index contributed by atoms with van der Waals surface area (Å²) in [6.07, 6.45) is 10.4. The fourth-order valence-corrected chi connectivity index (χ4v) is 8.88. The van der Waals surface area contributed by atoms with Gasteiger partial charge in [0, 0.05) is 16.8 Å². The number of carbonyl (C=O) groups excluding carboxylic acids is 1. The highest BCUT2D eigenvalue weighted by molar-refractivity contribution is 7.16. The van der Waals surface area contributed by atoms with Crippen molar-refractivity contribution in [1.29, 1.82) is 0 Å². The summed E-state index contributed by atoms with van der Waals surface area (Å²) >= 11 is 1.82. The van der Waals surface area contributed by atoms with Crippen LogP contribution in [0.5, 0.6) is 0 Å². The first-order valence-corrected chi connectivity index (χ1v) is 13.4. The van der Waals surface area contributed by atoms with E-state index in [1.165, 1.54) is 23.4 Å². The van der Waals surface area contributed by atoms with E-state index in [1.54, 1.807) is 5.57 Å². The molecule has 0 spiro atoms. The predicted octanol–water partition coefficient (Wildman–Crippen LogP) is 6.09. The van der Waals surface area contributed by atoms with Crippen LogP contribution < -0.4 is 16.5 Å². The topological polar surface area (TPSA) is 92.4 Å². The monoisotopic (exact) mass is 475 g/mol. The van der Waals surface area contributed by atoms with E-state index in [2.05, 4.69) is 60.0 Å². The molecule has 1 heterocycles. The van der Waals surface area contributed by atoms with Gasteiger partial charge < -0.3 is 11.1 Å². The van der Waals surface area contributed by atoms with Gasteiger partial charge in [-0.25, -0.2) is 15.2 Å². The zero-order chi connectivity index (χ0) is 23.5. The number of hydrogen-bond donors (Lipinski definition) is 3. The minimum atomic E-state index is -0.574. The van der Waals surface area contributed by atoms with E-state index in [0.29, 0.717) is 17.8 Å². The maximum absolute atomic E-state index is 11.2. The number of para-hydroxylation sites is 1. The van der Waals surface area contributed by atoms with Crippen molar-refractivity contribution in [2.75, 3.05) is 5.32 Å². The number of fused-ring (bicyclic) bond motifs is 7. The first kappa shape index (κ1) is 21.8. The number of benzene rings is 1. The molecular weight excluding hydrogens is 442 g/mol. The second-order valence-corrected chi connectivity index (χ2v) is 12.0. The van der Waals surface area contributed by atoms with Gasteiger partial charge in [-0.1, -0.05) is 49.5 Å². The molecule has 5 atom stereocenters. The maximum atomic E-state index is 11.2. The predicted molar refractivity (Wildman–Crippen MR) is 138 cm³/mol. The summed E-state index contributed by atoms with van der Waals surface area (Å²) in [4.78, 5) is 17.6. The molecule has 2 saturated carbocycles. The first-order chi connectivity index (χ1) is 16.4. The molecule has 0 saturated heterocycles. The van der Waals surface area contributed by atoms with Crippen molar-refractivity contribution in [3.8, 4) is 0 Å². The molecule has 4 N–H and O–H groups in total. The Kier molecular flexibility index (Phi) is 5.10. The summed E-state index contributed by atoms with van der Waals surface area (Å²) < 4.78 is 0. The van der Waals surface area contributed by atoms with Crippen LogP contribution in [-0.4, -0.2) is 16.7 Å². The highest BCUT2D eigenvalue weighted by Crippen LogP contribution is 2.65. The number of carbonyl (C=O) groups is 1. The van der Waals surface area contributed by atoms with Gasteiger partial charge in [0.2, 0.25) is 0 Å². The van der Waals surface area contributed by atoms with E-state index in [1.807, 2.05) is 17.4 Å². The van der Waals surface area contributed by atoms with E-state index in [9.17, 15) is 4.79 Å². The number of nitrogens with zero attached hydrogens (tertiary/aromatic N) is 2. The molecule has 178 valence electrons. The number of thiazole rings is 1. The number of nitrogens with two attached hydrogens (primary N) is 1. The average molecular weight is 476 g/mol. The van der Waals surface area contributed by atoms with Crippen LogP contribution in [0, 0.1) is 28.6 Å². The van der Waals surface area contributed by atoms with Gasteiger partial charge in [0.05, 0.1) is 10.6 Å². The number of primary amides is 1. The number of aryl methyl sites for hydroxylation is 1. The number of amides is 2. The molecule has 6 nitrogen and oxygen atoms in total. The lowest BCUT2D eigenvalue weighted by atomic mass is 9.48. The highest BCUT2D eigenvalue weighted by Gasteiger charge is 2.58. The van der Waals surface area contributed by atoms with Gasteiger partial charge >= 0.3 is 6.03 Å². The van der Waals surface area contributed by atoms with Crippen LogP contribution in [-0.2, 0) is 6.42 Å². The maximum Gasteiger partial charge on any atom is 0.332 e. The van der Waals surface area contributed by atoms with Crippen LogP contribution in [0.2, 0.25) is 0 Å². The molecule has 7 heteroatoms. The molecule has 4 aliphatic rings. The van der Waals surface area contributed by atoms with Crippen molar-refractivity contribution in [3.63, 3.8) is 0 Å². The third-order valence-corrected chi connectivity index (χ3v) is 10.4. The quantitative estimate of drug-likeness (QED) is 0.469. The van der Waals surface area contributed by atoms with Crippen LogP contribution in [0.15, 0.2) is 41.5 Å². The largest absolute Gasteiger partial charge is 0.350 e. The Morgan fingerprint density at radius 1 is 1.12 bits per heavy atom. The number of anilines is 2. The van der Waals surface area contributed by atoms with E-state index >= 15 is 0 Å². The molecule has 4 aliphatic carbocycles. The lowest BCUT2D eigenvalue weighted by Gasteiger charge is -2.56. The van der Waals surface area contributed by atoms with Crippen molar-refractivity contribution in [3.05, 3.63) is 47.0 Å². The molecule has 0 unspecified atom stereocenters. The Balaban J connectivity index is 1.29. The zero-order valence-corrected chi connectivity index (χ0v) is 20.8. The number of nitrogens with one attached hydrogen (secondary N) is 2. The summed E-state index contributed by atoms with van der Waals surface area (Å²) in [7, 11) is 0. The number of hydrazone groups is 1. The molecule has 0 bridgehead atoms. The second-order valence-electron chi connectivity index (χ2n) is 11.0. The minimum absolute atomic E-state index is 0.0718. The minimum Gasteiger partial charge on any atom is -0.350 e. The summed E-state index contributed by atoms with van der Waals surface area (Å²) in [5, 5.41) is 8.96. The van der Waals surface area contributed by atoms with E-state index in [0.717, 1.165) is 48.6 Å². The summed E-state index contributed by atoms with van der Waals surface area (Å²) in [5.74, 6) is 1.98. The van der Waals surface area contributed by atoms with Crippen molar-refractivity contribution in [2.24, 2.45) is 39.4 Å². The fraction of sp³-hybridized carbons (Fsp3) is 0.519. The molecule has 0 radical (unpaired) electrons. The van der Waals surface area contributed by atoms with Crippen LogP contribution in [0.3, 0.4) is 0 Å². The molecular formula is C27H33N5OS. The summed E-state index contributed by atoms with van der Waals surface area (Å²) in [6, 6.07) is 9.75. The third-order valence-electron chi connectivity index (χ3n) is 9.36. The lowest BCUT2D eigenvalue weighted by Crippen LogP contribution is -2.49. The van der Waals surface area contributed by atoms with E-state index < -0.39 is 6.03 Å². The van der Waals surface area contributed by atoms with Crippen molar-refractivity contribution >= 4 is 39.5 Å². The Morgan fingerprint density at radius 2 is 1.91 bits per heavy atom. The molecule has 2 amide bonds. The molecule has 1 aromatic heterocycles. The van der Waals surface area contributed by atoms with Crippen molar-refractivity contribution < 1.29 is 4.79 Å². The number of allylic oxidation sites excluding steroid dienone is 2. The third kappa shape index (κ3) is 3.31. The zero-order valence-electron chi connectivity index (χ0n) is 19.9. The molecule has 0 aliphatic heterocycles. The molecule has 2 aromatic rings. The van der Waals surface area contributed by atoms with Crippen LogP contribution in [0.1, 0.15) is 62.9 Å². The standard InChI is InChI=1S/C27H33N5OS/c1-26-15-13-21-23(34-25(30-21)29-16-6-4-3-5-7-16)20(26)9-8-17-18-10-11-22(31-32-24(28)33)27(18,2)14-12-19(17)26/h3-7,9,17-19H,8,10-15H2,1-2H3,(H,29,30)(H3,28,32,33)/b31-22+/t17-,18-,19-,26+,27-/m0/s1. The Morgan fingerprint density at radius 3 is 2.71 bits per heavy atom. The SMILES string of the molecule is C[C@]12CCc3nc(Nc4ccccc4)sc3C1=CC[C@@H]1[C@@H]2CC[C@]2(C)/C(=N/NC(N)=O)CC[C@@H]12. The number of urea groups is 1. The van der Waals surface area contributed by atoms with Crippen LogP contribution >= 0.6 is 11.3 Å². The number of rotatable bonds is 3. The molecule has 6 rings (SSSR count). The summed E-state index contributed by atoms with van der Waals surface area (Å²) in [6.45, 7) is 4.89. The van der Waals surface area contributed by atoms with Gasteiger partial charge in [0.25, 0.3) is 0 Å². The molecule has 34 heavy (non-hydrogen) atoms. The highest BCUT2D eigenvalue weighted by atomic mass is 32.1. The van der Waals surface area contributed by atoms with Gasteiger partial charge in [0.1, 0.15) is 0 Å². The molecule has 2 fully saturated rings. The molecule has 1 aromatic carbocycles. The first-order valence-electron chi connectivity index (χ1n) is 12.5. The van der Waals surface area contributed by atoms with Gasteiger partial charge in [-0.2, -0.15) is 5.10 Å². The van der Waals surface area contributed by atoms with E-state index in [-0.39, 0.29) is 10.8 Å². The Bertz CT molecular complexity index is 1190. The van der Waals surface area contributed by atoms with Crippen LogP contribution in [0.4, 0.5) is 15.6 Å². The van der Waals surface area contributed by atoms with Gasteiger partial charge in [0.15, 0.2) is 5.13 Å². The van der Waals surface area contributed by atoms with Crippen molar-refractivity contribution in [1.82, 2.24) is 10.4 Å². The Labute approximate surface area is 205 Å². The average Bonchev–Trinajstić information content (AvgIpc) is 3.38.